The van der Waals surface area contributed by atoms with Crippen molar-refractivity contribution in [3.63, 3.8) is 0 Å². The van der Waals surface area contributed by atoms with Crippen molar-refractivity contribution < 1.29 is 0 Å². The average molecular weight is 288 g/mol. The summed E-state index contributed by atoms with van der Waals surface area (Å²) in [4.78, 5) is 2.36. The third kappa shape index (κ3) is 6.79. The molecule has 1 aromatic carbocycles. The SMILES string of the molecule is CCN(CC)CCNC(=S)Nc1ccccc1.Cl. The molecule has 0 aliphatic heterocycles. The molecule has 5 heteroatoms. The van der Waals surface area contributed by atoms with Crippen LogP contribution in [0, 0.1) is 0 Å². The van der Waals surface area contributed by atoms with E-state index >= 15 is 0 Å². The molecule has 0 aliphatic carbocycles. The second-order valence-electron chi connectivity index (χ2n) is 3.77. The van der Waals surface area contributed by atoms with Crippen LogP contribution in [0.5, 0.6) is 0 Å². The maximum absolute atomic E-state index is 5.22. The molecule has 0 radical (unpaired) electrons. The van der Waals surface area contributed by atoms with Gasteiger partial charge in [0, 0.05) is 18.8 Å². The van der Waals surface area contributed by atoms with E-state index in [9.17, 15) is 0 Å². The Morgan fingerprint density at radius 1 is 1.17 bits per heavy atom. The summed E-state index contributed by atoms with van der Waals surface area (Å²) < 4.78 is 0. The highest BCUT2D eigenvalue weighted by Crippen LogP contribution is 2.04. The van der Waals surface area contributed by atoms with Crippen molar-refractivity contribution in [1.29, 1.82) is 0 Å². The van der Waals surface area contributed by atoms with E-state index in [1.165, 1.54) is 0 Å². The van der Waals surface area contributed by atoms with Crippen LogP contribution in [0.25, 0.3) is 0 Å². The third-order valence-electron chi connectivity index (χ3n) is 2.64. The first kappa shape index (κ1) is 17.2. The molecule has 18 heavy (non-hydrogen) atoms. The fourth-order valence-corrected chi connectivity index (χ4v) is 1.78. The van der Waals surface area contributed by atoms with Crippen molar-refractivity contribution in [2.45, 2.75) is 13.8 Å². The monoisotopic (exact) mass is 287 g/mol. The van der Waals surface area contributed by atoms with Gasteiger partial charge in [-0.25, -0.2) is 0 Å². The van der Waals surface area contributed by atoms with E-state index in [2.05, 4.69) is 29.4 Å². The molecule has 0 bridgehead atoms. The first-order valence-electron chi connectivity index (χ1n) is 6.08. The molecule has 0 spiro atoms. The van der Waals surface area contributed by atoms with Gasteiger partial charge in [0.15, 0.2) is 5.11 Å². The zero-order chi connectivity index (χ0) is 12.5. The summed E-state index contributed by atoms with van der Waals surface area (Å²) in [6.45, 7) is 8.39. The van der Waals surface area contributed by atoms with Crippen LogP contribution in [0.1, 0.15) is 13.8 Å². The predicted molar refractivity (Wildman–Crippen MR) is 85.7 cm³/mol. The van der Waals surface area contributed by atoms with E-state index in [1.54, 1.807) is 0 Å². The number of hydrogen-bond donors (Lipinski definition) is 2. The fraction of sp³-hybridized carbons (Fsp3) is 0.462. The van der Waals surface area contributed by atoms with Gasteiger partial charge in [-0.2, -0.15) is 0 Å². The average Bonchev–Trinajstić information content (AvgIpc) is 2.36. The number of benzene rings is 1. The highest BCUT2D eigenvalue weighted by molar-refractivity contribution is 7.80. The lowest BCUT2D eigenvalue weighted by Crippen LogP contribution is -2.36. The highest BCUT2D eigenvalue weighted by atomic mass is 35.5. The largest absolute Gasteiger partial charge is 0.361 e. The van der Waals surface area contributed by atoms with Gasteiger partial charge < -0.3 is 15.5 Å². The minimum absolute atomic E-state index is 0. The maximum Gasteiger partial charge on any atom is 0.170 e. The zero-order valence-corrected chi connectivity index (χ0v) is 12.6. The van der Waals surface area contributed by atoms with Gasteiger partial charge in [0.05, 0.1) is 0 Å². The standard InChI is InChI=1S/C13H21N3S.ClH/c1-3-16(4-2)11-10-14-13(17)15-12-8-6-5-7-9-12;/h5-9H,3-4,10-11H2,1-2H3,(H2,14,15,17);1H. The first-order valence-corrected chi connectivity index (χ1v) is 6.49. The summed E-state index contributed by atoms with van der Waals surface area (Å²) in [5.41, 5.74) is 1.02. The number of nitrogens with one attached hydrogen (secondary N) is 2. The van der Waals surface area contributed by atoms with Crippen molar-refractivity contribution in [3.05, 3.63) is 30.3 Å². The molecular weight excluding hydrogens is 266 g/mol. The Balaban J connectivity index is 0.00000289. The Hall–Kier alpha value is -0.840. The molecule has 102 valence electrons. The minimum Gasteiger partial charge on any atom is -0.361 e. The summed E-state index contributed by atoms with van der Waals surface area (Å²) >= 11 is 5.22. The topological polar surface area (TPSA) is 27.3 Å². The van der Waals surface area contributed by atoms with Gasteiger partial charge in [0.1, 0.15) is 0 Å². The minimum atomic E-state index is 0. The van der Waals surface area contributed by atoms with E-state index in [4.69, 9.17) is 12.2 Å². The highest BCUT2D eigenvalue weighted by Gasteiger charge is 1.99. The lowest BCUT2D eigenvalue weighted by Gasteiger charge is -2.18. The number of rotatable bonds is 6. The van der Waals surface area contributed by atoms with E-state index in [-0.39, 0.29) is 12.4 Å². The van der Waals surface area contributed by atoms with Crippen LogP contribution in [0.4, 0.5) is 5.69 Å². The maximum atomic E-state index is 5.22. The van der Waals surface area contributed by atoms with Crippen LogP contribution in [0.15, 0.2) is 30.3 Å². The summed E-state index contributed by atoms with van der Waals surface area (Å²) in [5.74, 6) is 0. The molecule has 0 saturated carbocycles. The summed E-state index contributed by atoms with van der Waals surface area (Å²) in [6.07, 6.45) is 0. The predicted octanol–water partition coefficient (Wildman–Crippen LogP) is 2.74. The molecule has 0 atom stereocenters. The van der Waals surface area contributed by atoms with Crippen LogP contribution < -0.4 is 10.6 Å². The van der Waals surface area contributed by atoms with Crippen molar-refractivity contribution in [3.8, 4) is 0 Å². The van der Waals surface area contributed by atoms with Crippen LogP contribution >= 0.6 is 24.6 Å². The van der Waals surface area contributed by atoms with E-state index in [0.717, 1.165) is 31.9 Å². The number of anilines is 1. The summed E-state index contributed by atoms with van der Waals surface area (Å²) in [5, 5.41) is 7.05. The number of hydrogen-bond acceptors (Lipinski definition) is 2. The lowest BCUT2D eigenvalue weighted by atomic mass is 10.3. The van der Waals surface area contributed by atoms with Crippen LogP contribution in [0.3, 0.4) is 0 Å². The van der Waals surface area contributed by atoms with Crippen LogP contribution in [-0.2, 0) is 0 Å². The molecule has 2 N–H and O–H groups in total. The Morgan fingerprint density at radius 3 is 2.33 bits per heavy atom. The molecule has 0 heterocycles. The van der Waals surface area contributed by atoms with Crippen LogP contribution in [-0.4, -0.2) is 36.2 Å². The molecule has 0 saturated heterocycles. The summed E-state index contributed by atoms with van der Waals surface area (Å²) in [7, 11) is 0. The Kier molecular flexibility index (Phi) is 9.64. The lowest BCUT2D eigenvalue weighted by molar-refractivity contribution is 0.308. The van der Waals surface area contributed by atoms with Crippen molar-refractivity contribution >= 4 is 35.4 Å². The van der Waals surface area contributed by atoms with E-state index in [1.807, 2.05) is 30.3 Å². The van der Waals surface area contributed by atoms with Gasteiger partial charge in [0.2, 0.25) is 0 Å². The normalized spacial score (nSPS) is 9.72. The van der Waals surface area contributed by atoms with Crippen LogP contribution in [0.2, 0.25) is 0 Å². The van der Waals surface area contributed by atoms with Crippen molar-refractivity contribution in [2.75, 3.05) is 31.5 Å². The molecule has 0 fully saturated rings. The third-order valence-corrected chi connectivity index (χ3v) is 2.89. The number of nitrogens with zero attached hydrogens (tertiary/aromatic N) is 1. The molecule has 0 amide bonds. The van der Waals surface area contributed by atoms with Crippen molar-refractivity contribution in [1.82, 2.24) is 10.2 Å². The summed E-state index contributed by atoms with van der Waals surface area (Å²) in [6, 6.07) is 9.96. The van der Waals surface area contributed by atoms with Gasteiger partial charge in [-0.15, -0.1) is 12.4 Å². The molecule has 1 rings (SSSR count). The molecule has 0 unspecified atom stereocenters. The first-order chi connectivity index (χ1) is 8.26. The number of likely N-dealkylation sites (N-methyl/N-ethyl adjacent to an activating group) is 1. The molecule has 3 nitrogen and oxygen atoms in total. The Bertz CT molecular complexity index is 328. The van der Waals surface area contributed by atoms with E-state index in [0.29, 0.717) is 5.11 Å². The fourth-order valence-electron chi connectivity index (χ4n) is 1.56. The second kappa shape index (κ2) is 10.1. The molecular formula is C13H22ClN3S. The molecule has 0 aromatic heterocycles. The second-order valence-corrected chi connectivity index (χ2v) is 4.18. The molecule has 1 aromatic rings. The Morgan fingerprint density at radius 2 is 1.78 bits per heavy atom. The van der Waals surface area contributed by atoms with E-state index < -0.39 is 0 Å². The van der Waals surface area contributed by atoms with Gasteiger partial charge >= 0.3 is 0 Å². The Labute approximate surface area is 121 Å². The van der Waals surface area contributed by atoms with Gasteiger partial charge in [-0.05, 0) is 37.4 Å². The quantitative estimate of drug-likeness (QED) is 0.787. The smallest absolute Gasteiger partial charge is 0.170 e. The zero-order valence-electron chi connectivity index (χ0n) is 11.0. The molecule has 0 aliphatic rings. The number of para-hydroxylation sites is 1. The number of halogens is 1. The van der Waals surface area contributed by atoms with Gasteiger partial charge in [-0.3, -0.25) is 0 Å². The van der Waals surface area contributed by atoms with Gasteiger partial charge in [-0.1, -0.05) is 32.0 Å². The van der Waals surface area contributed by atoms with Gasteiger partial charge in [0.25, 0.3) is 0 Å². The van der Waals surface area contributed by atoms with Crippen molar-refractivity contribution in [2.24, 2.45) is 0 Å². The number of thiocarbonyl (C=S) groups is 1.